The predicted octanol–water partition coefficient (Wildman–Crippen LogP) is 3.42. The first-order valence-corrected chi connectivity index (χ1v) is 5.80. The van der Waals surface area contributed by atoms with Crippen molar-refractivity contribution < 1.29 is 4.74 Å². The maximum atomic E-state index is 6.09. The van der Waals surface area contributed by atoms with E-state index in [2.05, 4.69) is 24.8 Å². The van der Waals surface area contributed by atoms with Crippen LogP contribution in [0.25, 0.3) is 10.8 Å². The van der Waals surface area contributed by atoms with Crippen molar-refractivity contribution in [2.75, 3.05) is 6.61 Å². The lowest BCUT2D eigenvalue weighted by atomic mass is 9.98. The molecule has 1 atom stereocenters. The summed E-state index contributed by atoms with van der Waals surface area (Å²) in [6, 6.07) is 12.0. The summed E-state index contributed by atoms with van der Waals surface area (Å²) in [5.41, 5.74) is 7.11. The van der Waals surface area contributed by atoms with E-state index in [4.69, 9.17) is 10.5 Å². The Balaban J connectivity index is 2.70. The van der Waals surface area contributed by atoms with Gasteiger partial charge in [0, 0.05) is 5.56 Å². The number of ether oxygens (including phenoxy) is 1. The zero-order valence-electron chi connectivity index (χ0n) is 10.0. The number of nitrogens with two attached hydrogens (primary N) is 1. The van der Waals surface area contributed by atoms with Crippen LogP contribution in [0.3, 0.4) is 0 Å². The molecule has 0 radical (unpaired) electrons. The van der Waals surface area contributed by atoms with Crippen LogP contribution in [0.15, 0.2) is 49.1 Å². The van der Waals surface area contributed by atoms with Gasteiger partial charge in [-0.3, -0.25) is 0 Å². The molecule has 0 aliphatic rings. The fourth-order valence-corrected chi connectivity index (χ4v) is 2.02. The molecular formula is C15H17NO. The second kappa shape index (κ2) is 5.02. The summed E-state index contributed by atoms with van der Waals surface area (Å²) in [7, 11) is 0. The molecular weight excluding hydrogens is 210 g/mol. The molecule has 0 spiro atoms. The third-order valence-electron chi connectivity index (χ3n) is 2.82. The second-order valence-corrected chi connectivity index (χ2v) is 3.89. The lowest BCUT2D eigenvalue weighted by molar-refractivity contribution is 0.336. The van der Waals surface area contributed by atoms with E-state index in [9.17, 15) is 0 Å². The molecule has 2 N–H and O–H groups in total. The largest absolute Gasteiger partial charge is 0.494 e. The molecule has 0 fully saturated rings. The Morgan fingerprint density at radius 1 is 1.29 bits per heavy atom. The topological polar surface area (TPSA) is 35.2 Å². The first kappa shape index (κ1) is 11.7. The number of benzene rings is 2. The van der Waals surface area contributed by atoms with Gasteiger partial charge >= 0.3 is 0 Å². The van der Waals surface area contributed by atoms with Crippen molar-refractivity contribution in [3.8, 4) is 5.75 Å². The van der Waals surface area contributed by atoms with Crippen molar-refractivity contribution in [1.29, 1.82) is 0 Å². The maximum Gasteiger partial charge on any atom is 0.125 e. The molecule has 2 rings (SSSR count). The van der Waals surface area contributed by atoms with Crippen LogP contribution in [-0.2, 0) is 0 Å². The first-order valence-electron chi connectivity index (χ1n) is 5.80. The van der Waals surface area contributed by atoms with Gasteiger partial charge in [-0.05, 0) is 23.8 Å². The van der Waals surface area contributed by atoms with Gasteiger partial charge < -0.3 is 10.5 Å². The minimum absolute atomic E-state index is 0.206. The van der Waals surface area contributed by atoms with Crippen LogP contribution in [0.4, 0.5) is 0 Å². The molecule has 0 amide bonds. The van der Waals surface area contributed by atoms with Crippen molar-refractivity contribution >= 4 is 10.8 Å². The lowest BCUT2D eigenvalue weighted by Gasteiger charge is -2.16. The van der Waals surface area contributed by atoms with Gasteiger partial charge in [0.25, 0.3) is 0 Å². The SMILES string of the molecule is C=C[C@H](N)c1c(OCC)ccc2ccccc12. The fourth-order valence-electron chi connectivity index (χ4n) is 2.02. The maximum absolute atomic E-state index is 6.09. The van der Waals surface area contributed by atoms with E-state index in [0.29, 0.717) is 6.61 Å². The zero-order chi connectivity index (χ0) is 12.3. The number of hydrogen-bond acceptors (Lipinski definition) is 2. The molecule has 88 valence electrons. The molecule has 2 aromatic carbocycles. The Bertz CT molecular complexity index is 533. The molecule has 2 nitrogen and oxygen atoms in total. The van der Waals surface area contributed by atoms with E-state index in [1.54, 1.807) is 6.08 Å². The van der Waals surface area contributed by atoms with Crippen molar-refractivity contribution in [3.63, 3.8) is 0 Å². The van der Waals surface area contributed by atoms with Crippen LogP contribution in [0.1, 0.15) is 18.5 Å². The molecule has 0 bridgehead atoms. The van der Waals surface area contributed by atoms with Gasteiger partial charge in [-0.1, -0.05) is 36.4 Å². The lowest BCUT2D eigenvalue weighted by Crippen LogP contribution is -2.09. The van der Waals surface area contributed by atoms with Crippen molar-refractivity contribution in [1.82, 2.24) is 0 Å². The van der Waals surface area contributed by atoms with Crippen molar-refractivity contribution in [3.05, 3.63) is 54.6 Å². The average molecular weight is 227 g/mol. The predicted molar refractivity (Wildman–Crippen MR) is 72.2 cm³/mol. The zero-order valence-corrected chi connectivity index (χ0v) is 10.0. The summed E-state index contributed by atoms with van der Waals surface area (Å²) >= 11 is 0. The standard InChI is InChI=1S/C15H17NO/c1-3-13(16)15-12-8-6-5-7-11(12)9-10-14(15)17-4-2/h3,5-10,13H,1,4,16H2,2H3/t13-/m0/s1. The highest BCUT2D eigenvalue weighted by molar-refractivity contribution is 5.88. The Labute approximate surface area is 102 Å². The Morgan fingerprint density at radius 3 is 2.76 bits per heavy atom. The highest BCUT2D eigenvalue weighted by Crippen LogP contribution is 2.32. The fraction of sp³-hybridized carbons (Fsp3) is 0.200. The highest BCUT2D eigenvalue weighted by atomic mass is 16.5. The number of rotatable bonds is 4. The van der Waals surface area contributed by atoms with Gasteiger partial charge in [-0.2, -0.15) is 0 Å². The number of fused-ring (bicyclic) bond motifs is 1. The molecule has 0 heterocycles. The minimum Gasteiger partial charge on any atom is -0.494 e. The molecule has 0 saturated heterocycles. The summed E-state index contributed by atoms with van der Waals surface area (Å²) in [4.78, 5) is 0. The minimum atomic E-state index is -0.206. The first-order chi connectivity index (χ1) is 8.27. The molecule has 2 heteroatoms. The number of hydrogen-bond donors (Lipinski definition) is 1. The smallest absolute Gasteiger partial charge is 0.125 e. The van der Waals surface area contributed by atoms with E-state index < -0.39 is 0 Å². The molecule has 0 aliphatic heterocycles. The van der Waals surface area contributed by atoms with Gasteiger partial charge in [-0.15, -0.1) is 6.58 Å². The molecule has 17 heavy (non-hydrogen) atoms. The summed E-state index contributed by atoms with van der Waals surface area (Å²) in [6.45, 7) is 6.37. The highest BCUT2D eigenvalue weighted by Gasteiger charge is 2.13. The van der Waals surface area contributed by atoms with Crippen LogP contribution < -0.4 is 10.5 Å². The summed E-state index contributed by atoms with van der Waals surface area (Å²) < 4.78 is 5.64. The Hall–Kier alpha value is -1.80. The van der Waals surface area contributed by atoms with Gasteiger partial charge in [-0.25, -0.2) is 0 Å². The molecule has 0 aromatic heterocycles. The summed E-state index contributed by atoms with van der Waals surface area (Å²) in [6.07, 6.45) is 1.74. The van der Waals surface area contributed by atoms with Gasteiger partial charge in [0.05, 0.1) is 12.6 Å². The molecule has 0 saturated carbocycles. The van der Waals surface area contributed by atoms with E-state index in [0.717, 1.165) is 16.7 Å². The van der Waals surface area contributed by atoms with Gasteiger partial charge in [0.15, 0.2) is 0 Å². The Kier molecular flexibility index (Phi) is 3.45. The van der Waals surface area contributed by atoms with Gasteiger partial charge in [0.2, 0.25) is 0 Å². The third kappa shape index (κ3) is 2.17. The van der Waals surface area contributed by atoms with Crippen molar-refractivity contribution in [2.45, 2.75) is 13.0 Å². The van der Waals surface area contributed by atoms with E-state index in [1.165, 1.54) is 5.39 Å². The summed E-state index contributed by atoms with van der Waals surface area (Å²) in [5, 5.41) is 2.30. The van der Waals surface area contributed by atoms with E-state index >= 15 is 0 Å². The molecule has 2 aromatic rings. The van der Waals surface area contributed by atoms with Crippen LogP contribution in [0, 0.1) is 0 Å². The normalized spacial score (nSPS) is 12.4. The average Bonchev–Trinajstić information content (AvgIpc) is 2.38. The monoisotopic (exact) mass is 227 g/mol. The second-order valence-electron chi connectivity index (χ2n) is 3.89. The van der Waals surface area contributed by atoms with Crippen molar-refractivity contribution in [2.24, 2.45) is 5.73 Å². The van der Waals surface area contributed by atoms with Crippen LogP contribution in [-0.4, -0.2) is 6.61 Å². The summed E-state index contributed by atoms with van der Waals surface area (Å²) in [5.74, 6) is 0.846. The molecule has 0 aliphatic carbocycles. The van der Waals surface area contributed by atoms with Gasteiger partial charge in [0.1, 0.15) is 5.75 Å². The Morgan fingerprint density at radius 2 is 2.06 bits per heavy atom. The quantitative estimate of drug-likeness (QED) is 0.812. The van der Waals surface area contributed by atoms with E-state index in [1.807, 2.05) is 25.1 Å². The molecule has 0 unspecified atom stereocenters. The van der Waals surface area contributed by atoms with Crippen LogP contribution >= 0.6 is 0 Å². The van der Waals surface area contributed by atoms with Crippen LogP contribution in [0.5, 0.6) is 5.75 Å². The van der Waals surface area contributed by atoms with Crippen LogP contribution in [0.2, 0.25) is 0 Å². The third-order valence-corrected chi connectivity index (χ3v) is 2.82. The van der Waals surface area contributed by atoms with E-state index in [-0.39, 0.29) is 6.04 Å².